The van der Waals surface area contributed by atoms with Crippen LogP contribution in [-0.4, -0.2) is 61.9 Å². The van der Waals surface area contributed by atoms with Crippen molar-refractivity contribution < 1.29 is 36.3 Å². The molecule has 3 aromatic heterocycles. The number of methoxy groups -OCH3 is 1. The maximum atomic E-state index is 14.1. The number of aromatic nitrogens is 5. The highest BCUT2D eigenvalue weighted by Gasteiger charge is 2.45. The van der Waals surface area contributed by atoms with Gasteiger partial charge in [0.05, 0.1) is 35.6 Å². The van der Waals surface area contributed by atoms with Crippen LogP contribution in [0.5, 0.6) is 0 Å². The second-order valence-electron chi connectivity index (χ2n) is 11.7. The summed E-state index contributed by atoms with van der Waals surface area (Å²) in [5.74, 6) is -6.61. The average molecular weight is 626 g/mol. The fraction of sp³-hybridized carbons (Fsp3) is 0.621. The number of ether oxygens (including phenoxy) is 1. The van der Waals surface area contributed by atoms with Crippen LogP contribution >= 0.6 is 0 Å². The van der Waals surface area contributed by atoms with E-state index in [0.29, 0.717) is 34.8 Å². The molecule has 3 unspecified atom stereocenters. The van der Waals surface area contributed by atoms with Crippen LogP contribution < -0.4 is 10.6 Å². The van der Waals surface area contributed by atoms with E-state index >= 15 is 0 Å². The molecule has 0 bridgehead atoms. The van der Waals surface area contributed by atoms with Crippen LogP contribution in [0.4, 0.5) is 22.0 Å². The lowest BCUT2D eigenvalue weighted by Crippen LogP contribution is -2.47. The van der Waals surface area contributed by atoms with Gasteiger partial charge in [0.25, 0.3) is 5.91 Å². The van der Waals surface area contributed by atoms with Crippen molar-refractivity contribution in [2.75, 3.05) is 13.7 Å². The number of alkyl halides is 5. The van der Waals surface area contributed by atoms with Crippen LogP contribution in [-0.2, 0) is 22.5 Å². The molecule has 1 saturated heterocycles. The first-order chi connectivity index (χ1) is 20.8. The van der Waals surface area contributed by atoms with Gasteiger partial charge in [0.2, 0.25) is 11.8 Å². The van der Waals surface area contributed by atoms with Crippen LogP contribution in [0.1, 0.15) is 85.5 Å². The van der Waals surface area contributed by atoms with Gasteiger partial charge >= 0.3 is 6.18 Å². The summed E-state index contributed by atoms with van der Waals surface area (Å²) in [5, 5.41) is 14.2. The van der Waals surface area contributed by atoms with Crippen molar-refractivity contribution in [2.24, 2.45) is 17.8 Å². The molecule has 4 heterocycles. The molecule has 10 nitrogen and oxygen atoms in total. The third kappa shape index (κ3) is 6.71. The number of fused-ring (bicyclic) bond motifs is 1. The number of hydrogen-bond donors (Lipinski definition) is 2. The number of hydrogen-bond acceptors (Lipinski definition) is 6. The number of carbonyl (C=O) groups excluding carboxylic acids is 2. The molecule has 1 saturated carbocycles. The van der Waals surface area contributed by atoms with E-state index in [9.17, 15) is 31.5 Å². The van der Waals surface area contributed by atoms with Gasteiger partial charge in [0, 0.05) is 57.1 Å². The number of carbonyl (C=O) groups is 2. The number of aryl methyl sites for hydroxylation is 1. The quantitative estimate of drug-likeness (QED) is 0.330. The molecule has 5 rings (SSSR count). The smallest absolute Gasteiger partial charge is 0.377 e. The second kappa shape index (κ2) is 12.4. The first-order valence-corrected chi connectivity index (χ1v) is 14.8. The highest BCUT2D eigenvalue weighted by Crippen LogP contribution is 2.42. The van der Waals surface area contributed by atoms with Gasteiger partial charge in [0.1, 0.15) is 5.69 Å². The van der Waals surface area contributed by atoms with E-state index in [4.69, 9.17) is 9.72 Å². The number of halogens is 5. The first kappa shape index (κ1) is 31.8. The van der Waals surface area contributed by atoms with Gasteiger partial charge in [-0.3, -0.25) is 14.3 Å². The van der Waals surface area contributed by atoms with Gasteiger partial charge in [-0.15, -0.1) is 0 Å². The minimum Gasteiger partial charge on any atom is -0.377 e. The zero-order valence-electron chi connectivity index (χ0n) is 24.7. The van der Waals surface area contributed by atoms with Crippen molar-refractivity contribution in [1.82, 2.24) is 35.0 Å². The Morgan fingerprint density at radius 2 is 2.00 bits per heavy atom. The molecule has 1 aliphatic heterocycles. The summed E-state index contributed by atoms with van der Waals surface area (Å²) in [6, 6.07) is 2.55. The molecule has 0 aromatic carbocycles. The molecular formula is C29H36F5N7O3. The Balaban J connectivity index is 1.50. The molecule has 2 N–H and O–H groups in total. The molecule has 44 heavy (non-hydrogen) atoms. The fourth-order valence-electron chi connectivity index (χ4n) is 6.16. The summed E-state index contributed by atoms with van der Waals surface area (Å²) < 4.78 is 77.0. The minimum atomic E-state index is -4.44. The van der Waals surface area contributed by atoms with E-state index in [1.54, 1.807) is 25.3 Å². The van der Waals surface area contributed by atoms with Crippen molar-refractivity contribution in [3.63, 3.8) is 0 Å². The normalized spacial score (nSPS) is 22.5. The fourth-order valence-corrected chi connectivity index (χ4v) is 6.16. The van der Waals surface area contributed by atoms with Gasteiger partial charge < -0.3 is 15.4 Å². The SMILES string of the molecule is CCn1nccc1C(=O)NC(c1cn2nc(CC3C[C@@H](C(F)(F)F)CNC3=O)c(C(C)OC)cc2n1)C1CCC(F)(F)CC1. The summed E-state index contributed by atoms with van der Waals surface area (Å²) >= 11 is 0. The summed E-state index contributed by atoms with van der Waals surface area (Å²) in [4.78, 5) is 30.6. The molecule has 0 spiro atoms. The Morgan fingerprint density at radius 1 is 1.27 bits per heavy atom. The lowest BCUT2D eigenvalue weighted by molar-refractivity contribution is -0.183. The Morgan fingerprint density at radius 3 is 2.66 bits per heavy atom. The number of amides is 2. The maximum absolute atomic E-state index is 14.1. The van der Waals surface area contributed by atoms with Crippen LogP contribution in [0, 0.1) is 17.8 Å². The highest BCUT2D eigenvalue weighted by molar-refractivity contribution is 5.92. The molecule has 3 aromatic rings. The molecule has 2 aliphatic rings. The van der Waals surface area contributed by atoms with Crippen molar-refractivity contribution in [3.05, 3.63) is 47.2 Å². The third-order valence-electron chi connectivity index (χ3n) is 8.82. The minimum absolute atomic E-state index is 0.0518. The van der Waals surface area contributed by atoms with Crippen molar-refractivity contribution >= 4 is 17.5 Å². The van der Waals surface area contributed by atoms with Crippen molar-refractivity contribution in [1.29, 1.82) is 0 Å². The van der Waals surface area contributed by atoms with E-state index in [2.05, 4.69) is 20.8 Å². The summed E-state index contributed by atoms with van der Waals surface area (Å²) in [6.07, 6.45) is -2.57. The van der Waals surface area contributed by atoms with E-state index < -0.39 is 54.4 Å². The Labute approximate surface area is 250 Å². The Bertz CT molecular complexity index is 1490. The molecule has 1 aliphatic carbocycles. The summed E-state index contributed by atoms with van der Waals surface area (Å²) in [7, 11) is 1.48. The standard InChI is InChI=1S/C29H36F5N7O3/c1-4-40-23(7-10-36-40)27(43)38-25(17-5-8-28(30,31)9-6-17)22-15-41-24(37-22)13-20(16(2)44-3)21(39-41)12-18-11-19(29(32,33)34)14-35-26(18)42/h7,10,13,15-19,25H,4-6,8-9,11-12,14H2,1-3H3,(H,35,42)(H,38,43)/t16?,18?,19-,25?/m1/s1. The molecule has 240 valence electrons. The largest absolute Gasteiger partial charge is 0.393 e. The van der Waals surface area contributed by atoms with Crippen LogP contribution in [0.3, 0.4) is 0 Å². The molecule has 2 amide bonds. The number of rotatable bonds is 9. The van der Waals surface area contributed by atoms with Gasteiger partial charge in [-0.2, -0.15) is 23.4 Å². The molecule has 2 fully saturated rings. The molecular weight excluding hydrogens is 589 g/mol. The van der Waals surface area contributed by atoms with Crippen LogP contribution in [0.15, 0.2) is 24.5 Å². The van der Waals surface area contributed by atoms with Gasteiger partial charge in [0.15, 0.2) is 5.65 Å². The lowest BCUT2D eigenvalue weighted by Gasteiger charge is -2.33. The summed E-state index contributed by atoms with van der Waals surface area (Å²) in [5.41, 5.74) is 2.04. The molecule has 15 heteroatoms. The Hall–Kier alpha value is -3.62. The third-order valence-corrected chi connectivity index (χ3v) is 8.82. The Kier molecular flexibility index (Phi) is 8.96. The second-order valence-corrected chi connectivity index (χ2v) is 11.7. The zero-order valence-corrected chi connectivity index (χ0v) is 24.7. The first-order valence-electron chi connectivity index (χ1n) is 14.8. The van der Waals surface area contributed by atoms with E-state index in [1.807, 2.05) is 6.92 Å². The van der Waals surface area contributed by atoms with Crippen LogP contribution in [0.2, 0.25) is 0 Å². The van der Waals surface area contributed by atoms with Crippen molar-refractivity contribution in [3.8, 4) is 0 Å². The van der Waals surface area contributed by atoms with Crippen LogP contribution in [0.25, 0.3) is 5.65 Å². The maximum Gasteiger partial charge on any atom is 0.393 e. The highest BCUT2D eigenvalue weighted by atomic mass is 19.4. The summed E-state index contributed by atoms with van der Waals surface area (Å²) in [6.45, 7) is 3.59. The van der Waals surface area contributed by atoms with Gasteiger partial charge in [-0.1, -0.05) is 0 Å². The number of piperidine rings is 1. The number of nitrogens with one attached hydrogen (secondary N) is 2. The number of nitrogens with zero attached hydrogens (tertiary/aromatic N) is 5. The lowest BCUT2D eigenvalue weighted by atomic mass is 9.81. The molecule has 0 radical (unpaired) electrons. The molecule has 4 atom stereocenters. The predicted octanol–water partition coefficient (Wildman–Crippen LogP) is 4.81. The van der Waals surface area contributed by atoms with E-state index in [0.717, 1.165) is 0 Å². The predicted molar refractivity (Wildman–Crippen MR) is 148 cm³/mol. The van der Waals surface area contributed by atoms with E-state index in [1.165, 1.54) is 22.5 Å². The number of imidazole rings is 1. The monoisotopic (exact) mass is 625 g/mol. The van der Waals surface area contributed by atoms with Crippen molar-refractivity contribution in [2.45, 2.75) is 83.2 Å². The average Bonchev–Trinajstić information content (AvgIpc) is 3.62. The zero-order chi connectivity index (χ0) is 31.8. The topological polar surface area (TPSA) is 115 Å². The van der Waals surface area contributed by atoms with Gasteiger partial charge in [-0.25, -0.2) is 18.3 Å². The van der Waals surface area contributed by atoms with E-state index in [-0.39, 0.29) is 44.4 Å². The van der Waals surface area contributed by atoms with Gasteiger partial charge in [-0.05, 0) is 51.2 Å².